The molecule has 0 aromatic heterocycles. The average molecular weight is 262 g/mol. The molecule has 0 saturated carbocycles. The van der Waals surface area contributed by atoms with Crippen LogP contribution < -0.4 is 11.1 Å². The van der Waals surface area contributed by atoms with Crippen molar-refractivity contribution in [2.24, 2.45) is 11.7 Å². The molecule has 0 saturated heterocycles. The average Bonchev–Trinajstić information content (AvgIpc) is 2.34. The Morgan fingerprint density at radius 1 is 1.00 bits per heavy atom. The summed E-state index contributed by atoms with van der Waals surface area (Å²) in [5.74, 6) is 0.432. The van der Waals surface area contributed by atoms with Crippen LogP contribution in [0.15, 0.2) is 24.3 Å². The van der Waals surface area contributed by atoms with Gasteiger partial charge in [0.15, 0.2) is 0 Å². The summed E-state index contributed by atoms with van der Waals surface area (Å²) in [6.45, 7) is 10.4. The number of amides is 1. The SMILES string of the molecule is CC(C)c1ccc(C(C)NC(C(N)=O)C(C)C)cc1. The van der Waals surface area contributed by atoms with Gasteiger partial charge in [-0.15, -0.1) is 0 Å². The number of rotatable bonds is 6. The molecule has 0 radical (unpaired) electrons. The lowest BCUT2D eigenvalue weighted by Gasteiger charge is -2.24. The lowest BCUT2D eigenvalue weighted by molar-refractivity contribution is -0.121. The van der Waals surface area contributed by atoms with Gasteiger partial charge < -0.3 is 5.73 Å². The van der Waals surface area contributed by atoms with Gasteiger partial charge in [0.05, 0.1) is 6.04 Å². The molecule has 1 rings (SSSR count). The molecule has 2 atom stereocenters. The molecule has 0 spiro atoms. The molecule has 19 heavy (non-hydrogen) atoms. The molecule has 0 bridgehead atoms. The largest absolute Gasteiger partial charge is 0.368 e. The second-order valence-corrected chi connectivity index (χ2v) is 5.83. The van der Waals surface area contributed by atoms with Crippen molar-refractivity contribution in [2.45, 2.75) is 52.6 Å². The predicted octanol–water partition coefficient (Wildman–Crippen LogP) is 2.97. The normalized spacial score (nSPS) is 14.7. The van der Waals surface area contributed by atoms with Gasteiger partial charge in [-0.3, -0.25) is 10.1 Å². The van der Waals surface area contributed by atoms with Gasteiger partial charge in [-0.1, -0.05) is 52.0 Å². The Morgan fingerprint density at radius 2 is 1.47 bits per heavy atom. The van der Waals surface area contributed by atoms with Gasteiger partial charge in [-0.2, -0.15) is 0 Å². The zero-order valence-corrected chi connectivity index (χ0v) is 12.6. The number of carbonyl (C=O) groups is 1. The van der Waals surface area contributed by atoms with Crippen molar-refractivity contribution in [3.05, 3.63) is 35.4 Å². The minimum atomic E-state index is -0.292. The molecule has 0 aliphatic heterocycles. The van der Waals surface area contributed by atoms with Crippen LogP contribution >= 0.6 is 0 Å². The topological polar surface area (TPSA) is 55.1 Å². The predicted molar refractivity (Wildman–Crippen MR) is 79.9 cm³/mol. The summed E-state index contributed by atoms with van der Waals surface area (Å²) < 4.78 is 0. The van der Waals surface area contributed by atoms with Crippen LogP contribution in [-0.2, 0) is 4.79 Å². The van der Waals surface area contributed by atoms with E-state index < -0.39 is 0 Å². The first-order valence-electron chi connectivity index (χ1n) is 6.98. The highest BCUT2D eigenvalue weighted by Gasteiger charge is 2.21. The van der Waals surface area contributed by atoms with Gasteiger partial charge in [-0.25, -0.2) is 0 Å². The highest BCUT2D eigenvalue weighted by molar-refractivity contribution is 5.80. The summed E-state index contributed by atoms with van der Waals surface area (Å²) in [6.07, 6.45) is 0. The Labute approximate surface area is 116 Å². The molecule has 106 valence electrons. The number of nitrogens with two attached hydrogens (primary N) is 1. The first-order chi connectivity index (χ1) is 8.82. The van der Waals surface area contributed by atoms with Crippen molar-refractivity contribution < 1.29 is 4.79 Å². The Bertz CT molecular complexity index is 409. The number of carbonyl (C=O) groups excluding carboxylic acids is 1. The fourth-order valence-corrected chi connectivity index (χ4v) is 2.14. The molecule has 0 aliphatic carbocycles. The van der Waals surface area contributed by atoms with E-state index in [9.17, 15) is 4.79 Å². The minimum Gasteiger partial charge on any atom is -0.368 e. The summed E-state index contributed by atoms with van der Waals surface area (Å²) in [4.78, 5) is 11.4. The maximum absolute atomic E-state index is 11.4. The maximum Gasteiger partial charge on any atom is 0.234 e. The third-order valence-electron chi connectivity index (χ3n) is 3.51. The van der Waals surface area contributed by atoms with E-state index in [0.717, 1.165) is 0 Å². The van der Waals surface area contributed by atoms with Crippen LogP contribution in [0.3, 0.4) is 0 Å². The monoisotopic (exact) mass is 262 g/mol. The third kappa shape index (κ3) is 4.35. The molecule has 1 aromatic rings. The first-order valence-corrected chi connectivity index (χ1v) is 6.98. The zero-order chi connectivity index (χ0) is 14.6. The zero-order valence-electron chi connectivity index (χ0n) is 12.6. The molecule has 3 nitrogen and oxygen atoms in total. The lowest BCUT2D eigenvalue weighted by Crippen LogP contribution is -2.45. The summed E-state index contributed by atoms with van der Waals surface area (Å²) in [7, 11) is 0. The number of nitrogens with one attached hydrogen (secondary N) is 1. The molecule has 3 N–H and O–H groups in total. The Hall–Kier alpha value is -1.35. The molecular formula is C16H26N2O. The summed E-state index contributed by atoms with van der Waals surface area (Å²) >= 11 is 0. The molecule has 3 heteroatoms. The molecular weight excluding hydrogens is 236 g/mol. The van der Waals surface area contributed by atoms with Gasteiger partial charge in [0, 0.05) is 6.04 Å². The van der Waals surface area contributed by atoms with E-state index >= 15 is 0 Å². The molecule has 0 fully saturated rings. The van der Waals surface area contributed by atoms with Crippen molar-refractivity contribution in [3.63, 3.8) is 0 Å². The van der Waals surface area contributed by atoms with Gasteiger partial charge in [0.2, 0.25) is 5.91 Å². The van der Waals surface area contributed by atoms with Crippen molar-refractivity contribution in [3.8, 4) is 0 Å². The second-order valence-electron chi connectivity index (χ2n) is 5.83. The number of primary amides is 1. The maximum atomic E-state index is 11.4. The standard InChI is InChI=1S/C16H26N2O/c1-10(2)13-6-8-14(9-7-13)12(5)18-15(11(3)4)16(17)19/h6-12,15,18H,1-5H3,(H2,17,19). The smallest absolute Gasteiger partial charge is 0.234 e. The van der Waals surface area contributed by atoms with Crippen LogP contribution in [-0.4, -0.2) is 11.9 Å². The van der Waals surface area contributed by atoms with Crippen molar-refractivity contribution >= 4 is 5.91 Å². The van der Waals surface area contributed by atoms with E-state index in [1.807, 2.05) is 13.8 Å². The van der Waals surface area contributed by atoms with E-state index in [2.05, 4.69) is 50.4 Å². The molecule has 0 heterocycles. The Kier molecular flexibility index (Phi) is 5.55. The van der Waals surface area contributed by atoms with E-state index in [1.54, 1.807) is 0 Å². The summed E-state index contributed by atoms with van der Waals surface area (Å²) in [6, 6.07) is 8.34. The van der Waals surface area contributed by atoms with Gasteiger partial charge in [-0.05, 0) is 29.9 Å². The molecule has 1 aromatic carbocycles. The van der Waals surface area contributed by atoms with Crippen molar-refractivity contribution in [2.75, 3.05) is 0 Å². The van der Waals surface area contributed by atoms with E-state index in [0.29, 0.717) is 5.92 Å². The van der Waals surface area contributed by atoms with Crippen LogP contribution in [0.1, 0.15) is 57.7 Å². The second kappa shape index (κ2) is 6.71. The first kappa shape index (κ1) is 15.7. The van der Waals surface area contributed by atoms with E-state index in [-0.39, 0.29) is 23.9 Å². The summed E-state index contributed by atoms with van der Waals surface area (Å²) in [5.41, 5.74) is 7.93. The highest BCUT2D eigenvalue weighted by Crippen LogP contribution is 2.19. The van der Waals surface area contributed by atoms with Crippen LogP contribution in [0.25, 0.3) is 0 Å². The van der Waals surface area contributed by atoms with Crippen LogP contribution in [0, 0.1) is 5.92 Å². The van der Waals surface area contributed by atoms with Crippen LogP contribution in [0.4, 0.5) is 0 Å². The van der Waals surface area contributed by atoms with Crippen LogP contribution in [0.5, 0.6) is 0 Å². The van der Waals surface area contributed by atoms with Crippen molar-refractivity contribution in [1.82, 2.24) is 5.32 Å². The van der Waals surface area contributed by atoms with E-state index in [4.69, 9.17) is 5.73 Å². The fourth-order valence-electron chi connectivity index (χ4n) is 2.14. The molecule has 1 amide bonds. The fraction of sp³-hybridized carbons (Fsp3) is 0.562. The van der Waals surface area contributed by atoms with Gasteiger partial charge in [0.1, 0.15) is 0 Å². The molecule has 0 aliphatic rings. The third-order valence-corrected chi connectivity index (χ3v) is 3.51. The van der Waals surface area contributed by atoms with Crippen molar-refractivity contribution in [1.29, 1.82) is 0 Å². The minimum absolute atomic E-state index is 0.112. The quantitative estimate of drug-likeness (QED) is 0.828. The number of hydrogen-bond donors (Lipinski definition) is 2. The highest BCUT2D eigenvalue weighted by atomic mass is 16.1. The lowest BCUT2D eigenvalue weighted by atomic mass is 9.97. The number of hydrogen-bond acceptors (Lipinski definition) is 2. The molecule has 2 unspecified atom stereocenters. The van der Waals surface area contributed by atoms with Gasteiger partial charge >= 0.3 is 0 Å². The summed E-state index contributed by atoms with van der Waals surface area (Å²) in [5, 5.41) is 3.31. The van der Waals surface area contributed by atoms with Gasteiger partial charge in [0.25, 0.3) is 0 Å². The van der Waals surface area contributed by atoms with Crippen LogP contribution in [0.2, 0.25) is 0 Å². The number of benzene rings is 1. The van der Waals surface area contributed by atoms with E-state index in [1.165, 1.54) is 11.1 Å². The Balaban J connectivity index is 2.77. The Morgan fingerprint density at radius 3 is 1.84 bits per heavy atom.